The first kappa shape index (κ1) is 15.3. The summed E-state index contributed by atoms with van der Waals surface area (Å²) in [6.07, 6.45) is 5.27. The fourth-order valence-electron chi connectivity index (χ4n) is 3.40. The van der Waals surface area contributed by atoms with Crippen molar-refractivity contribution in [1.29, 1.82) is 0 Å². The molecular weight excluding hydrogens is 280 g/mol. The number of rotatable bonds is 5. The molecule has 1 saturated carbocycles. The Morgan fingerprint density at radius 1 is 1.40 bits per heavy atom. The Hall–Kier alpha value is -1.11. The van der Waals surface area contributed by atoms with E-state index >= 15 is 0 Å². The van der Waals surface area contributed by atoms with E-state index in [4.69, 9.17) is 0 Å². The smallest absolute Gasteiger partial charge is 0.326 e. The van der Waals surface area contributed by atoms with Gasteiger partial charge in [0.05, 0.1) is 0 Å². The van der Waals surface area contributed by atoms with Gasteiger partial charge in [-0.3, -0.25) is 4.21 Å². The molecule has 2 aliphatic rings. The number of likely N-dealkylation sites (tertiary alicyclic amines) is 1. The molecule has 1 heterocycles. The second-order valence-corrected chi connectivity index (χ2v) is 7.21. The van der Waals surface area contributed by atoms with Crippen molar-refractivity contribution in [2.24, 2.45) is 11.8 Å². The SMILES string of the molecule is CS(=O)CCCNC(=O)N1CC2CCCC2C1C(=O)O. The molecule has 0 aromatic heterocycles. The van der Waals surface area contributed by atoms with E-state index in [0.29, 0.717) is 31.2 Å². The van der Waals surface area contributed by atoms with Crippen LogP contribution in [0.5, 0.6) is 0 Å². The Morgan fingerprint density at radius 3 is 2.80 bits per heavy atom. The van der Waals surface area contributed by atoms with Crippen molar-refractivity contribution in [3.8, 4) is 0 Å². The number of hydrogen-bond donors (Lipinski definition) is 2. The first-order chi connectivity index (χ1) is 9.50. The maximum Gasteiger partial charge on any atom is 0.326 e. The molecule has 2 fully saturated rings. The predicted molar refractivity (Wildman–Crippen MR) is 75.9 cm³/mol. The van der Waals surface area contributed by atoms with Gasteiger partial charge in [0, 0.05) is 35.9 Å². The van der Waals surface area contributed by atoms with E-state index in [2.05, 4.69) is 5.32 Å². The van der Waals surface area contributed by atoms with E-state index in [1.807, 2.05) is 0 Å². The Kier molecular flexibility index (Phi) is 5.01. The van der Waals surface area contributed by atoms with Crippen molar-refractivity contribution in [1.82, 2.24) is 10.2 Å². The third-order valence-electron chi connectivity index (χ3n) is 4.29. The monoisotopic (exact) mass is 302 g/mol. The minimum Gasteiger partial charge on any atom is -0.480 e. The Morgan fingerprint density at radius 2 is 2.15 bits per heavy atom. The van der Waals surface area contributed by atoms with E-state index in [1.54, 1.807) is 6.26 Å². The molecule has 0 radical (unpaired) electrons. The molecule has 1 aliphatic heterocycles. The fraction of sp³-hybridized carbons (Fsp3) is 0.846. The first-order valence-electron chi connectivity index (χ1n) is 7.08. The molecule has 2 rings (SSSR count). The third kappa shape index (κ3) is 3.31. The number of carbonyl (C=O) groups is 2. The summed E-state index contributed by atoms with van der Waals surface area (Å²) < 4.78 is 10.9. The van der Waals surface area contributed by atoms with Crippen LogP contribution in [0.3, 0.4) is 0 Å². The lowest BCUT2D eigenvalue weighted by Gasteiger charge is -2.24. The van der Waals surface area contributed by atoms with Crippen molar-refractivity contribution in [3.05, 3.63) is 0 Å². The number of fused-ring (bicyclic) bond motifs is 1. The molecular formula is C13H22N2O4S. The highest BCUT2D eigenvalue weighted by Crippen LogP contribution is 2.42. The number of nitrogens with zero attached hydrogens (tertiary/aromatic N) is 1. The van der Waals surface area contributed by atoms with Gasteiger partial charge in [-0.15, -0.1) is 0 Å². The van der Waals surface area contributed by atoms with Crippen molar-refractivity contribution in [2.75, 3.05) is 25.1 Å². The quantitative estimate of drug-likeness (QED) is 0.730. The molecule has 6 nitrogen and oxygen atoms in total. The summed E-state index contributed by atoms with van der Waals surface area (Å²) in [6.45, 7) is 0.990. The molecule has 20 heavy (non-hydrogen) atoms. The predicted octanol–water partition coefficient (Wildman–Crippen LogP) is 0.650. The van der Waals surface area contributed by atoms with Crippen LogP contribution < -0.4 is 5.32 Å². The summed E-state index contributed by atoms with van der Waals surface area (Å²) in [5.74, 6) is 0.101. The zero-order valence-electron chi connectivity index (χ0n) is 11.7. The highest BCUT2D eigenvalue weighted by atomic mass is 32.2. The molecule has 7 heteroatoms. The normalized spacial score (nSPS) is 30.1. The molecule has 114 valence electrons. The number of amides is 2. The van der Waals surface area contributed by atoms with E-state index in [-0.39, 0.29) is 11.9 Å². The lowest BCUT2D eigenvalue weighted by atomic mass is 9.94. The average molecular weight is 302 g/mol. The van der Waals surface area contributed by atoms with Gasteiger partial charge in [0.1, 0.15) is 6.04 Å². The van der Waals surface area contributed by atoms with Gasteiger partial charge in [-0.05, 0) is 31.1 Å². The number of nitrogens with one attached hydrogen (secondary N) is 1. The van der Waals surface area contributed by atoms with Gasteiger partial charge in [0.2, 0.25) is 0 Å². The second-order valence-electron chi connectivity index (χ2n) is 5.65. The van der Waals surface area contributed by atoms with Crippen LogP contribution in [0, 0.1) is 11.8 Å². The van der Waals surface area contributed by atoms with Crippen LogP contribution in [-0.4, -0.2) is 57.4 Å². The van der Waals surface area contributed by atoms with Gasteiger partial charge in [-0.1, -0.05) is 6.42 Å². The van der Waals surface area contributed by atoms with Crippen LogP contribution in [0.25, 0.3) is 0 Å². The number of carboxylic acid groups (broad SMARTS) is 1. The van der Waals surface area contributed by atoms with Crippen LogP contribution in [-0.2, 0) is 15.6 Å². The van der Waals surface area contributed by atoms with Gasteiger partial charge in [0.25, 0.3) is 0 Å². The van der Waals surface area contributed by atoms with Gasteiger partial charge >= 0.3 is 12.0 Å². The lowest BCUT2D eigenvalue weighted by molar-refractivity contribution is -0.142. The topological polar surface area (TPSA) is 86.7 Å². The molecule has 0 aromatic carbocycles. The van der Waals surface area contributed by atoms with Crippen LogP contribution in [0.15, 0.2) is 0 Å². The number of aliphatic carboxylic acids is 1. The van der Waals surface area contributed by atoms with Crippen molar-refractivity contribution in [2.45, 2.75) is 31.7 Å². The first-order valence-corrected chi connectivity index (χ1v) is 8.80. The number of carbonyl (C=O) groups excluding carboxylic acids is 1. The molecule has 1 aliphatic carbocycles. The van der Waals surface area contributed by atoms with Crippen molar-refractivity contribution in [3.63, 3.8) is 0 Å². The molecule has 1 saturated heterocycles. The standard InChI is InChI=1S/C13H22N2O4S/c1-20(19)7-3-6-14-13(18)15-8-9-4-2-5-10(9)11(15)12(16)17/h9-11H,2-8H2,1H3,(H,14,18)(H,16,17). The summed E-state index contributed by atoms with van der Waals surface area (Å²) in [4.78, 5) is 25.0. The van der Waals surface area contributed by atoms with Gasteiger partial charge < -0.3 is 15.3 Å². The van der Waals surface area contributed by atoms with Crippen molar-refractivity contribution < 1.29 is 18.9 Å². The minimum absolute atomic E-state index is 0.112. The van der Waals surface area contributed by atoms with E-state index in [1.165, 1.54) is 4.90 Å². The largest absolute Gasteiger partial charge is 0.480 e. The Bertz CT molecular complexity index is 415. The number of urea groups is 1. The summed E-state index contributed by atoms with van der Waals surface area (Å²) >= 11 is 0. The van der Waals surface area contributed by atoms with Crippen LogP contribution >= 0.6 is 0 Å². The average Bonchev–Trinajstić information content (AvgIpc) is 2.92. The molecule has 2 amide bonds. The molecule has 0 bridgehead atoms. The van der Waals surface area contributed by atoms with Gasteiger partial charge in [-0.25, -0.2) is 9.59 Å². The lowest BCUT2D eigenvalue weighted by Crippen LogP contribution is -2.48. The van der Waals surface area contributed by atoms with Crippen molar-refractivity contribution >= 4 is 22.8 Å². The summed E-state index contributed by atoms with van der Waals surface area (Å²) in [7, 11) is -0.859. The summed E-state index contributed by atoms with van der Waals surface area (Å²) in [5.41, 5.74) is 0. The molecule has 4 atom stereocenters. The highest BCUT2D eigenvalue weighted by molar-refractivity contribution is 7.84. The Labute approximate surface area is 121 Å². The van der Waals surface area contributed by atoms with Crippen LogP contribution in [0.2, 0.25) is 0 Å². The van der Waals surface area contributed by atoms with Gasteiger partial charge in [0.15, 0.2) is 0 Å². The summed E-state index contributed by atoms with van der Waals surface area (Å²) in [6, 6.07) is -0.975. The van der Waals surface area contributed by atoms with E-state index in [9.17, 15) is 18.9 Å². The molecule has 4 unspecified atom stereocenters. The van der Waals surface area contributed by atoms with Gasteiger partial charge in [-0.2, -0.15) is 0 Å². The summed E-state index contributed by atoms with van der Waals surface area (Å²) in [5, 5.41) is 12.1. The van der Waals surface area contributed by atoms with Crippen LogP contribution in [0.4, 0.5) is 4.79 Å². The molecule has 0 aromatic rings. The third-order valence-corrected chi connectivity index (χ3v) is 5.15. The Balaban J connectivity index is 1.88. The second kappa shape index (κ2) is 6.56. The maximum absolute atomic E-state index is 12.1. The minimum atomic E-state index is -0.899. The number of carboxylic acids is 1. The highest BCUT2D eigenvalue weighted by Gasteiger charge is 2.49. The zero-order valence-corrected chi connectivity index (χ0v) is 12.5. The molecule has 2 N–H and O–H groups in total. The number of hydrogen-bond acceptors (Lipinski definition) is 3. The van der Waals surface area contributed by atoms with E-state index < -0.39 is 22.8 Å². The molecule has 0 spiro atoms. The van der Waals surface area contributed by atoms with E-state index in [0.717, 1.165) is 19.3 Å². The zero-order chi connectivity index (χ0) is 14.7. The fourth-order valence-corrected chi connectivity index (χ4v) is 3.95. The maximum atomic E-state index is 12.1. The van der Waals surface area contributed by atoms with Crippen LogP contribution in [0.1, 0.15) is 25.7 Å².